The fraction of sp³-hybridized carbons (Fsp3) is 0.250. The van der Waals surface area contributed by atoms with Gasteiger partial charge >= 0.3 is 0 Å². The van der Waals surface area contributed by atoms with Gasteiger partial charge in [-0.3, -0.25) is 4.79 Å². The highest BCUT2D eigenvalue weighted by atomic mass is 16.5. The summed E-state index contributed by atoms with van der Waals surface area (Å²) < 4.78 is 10.0. The largest absolute Gasteiger partial charge is 0.383 e. The Morgan fingerprint density at radius 3 is 2.51 bits per heavy atom. The van der Waals surface area contributed by atoms with Gasteiger partial charge in [-0.15, -0.1) is 0 Å². The van der Waals surface area contributed by atoms with Crippen LogP contribution < -0.4 is 5.32 Å². The van der Waals surface area contributed by atoms with Crippen LogP contribution in [0.15, 0.2) is 65.6 Å². The molecule has 1 aliphatic rings. The Labute approximate surface area is 201 Å². The molecule has 0 bridgehead atoms. The molecule has 11 heteroatoms. The third-order valence-corrected chi connectivity index (χ3v) is 5.14. The molecule has 4 aromatic rings. The Hall–Kier alpha value is -4.22. The van der Waals surface area contributed by atoms with Crippen molar-refractivity contribution in [2.24, 2.45) is 0 Å². The molecule has 5 rings (SSSR count). The Morgan fingerprint density at radius 1 is 1.09 bits per heavy atom. The first-order valence-corrected chi connectivity index (χ1v) is 10.9. The van der Waals surface area contributed by atoms with Gasteiger partial charge in [0.05, 0.1) is 23.7 Å². The van der Waals surface area contributed by atoms with Crippen molar-refractivity contribution in [2.75, 3.05) is 26.0 Å². The molecular formula is C24H25N7O4. The van der Waals surface area contributed by atoms with Crippen molar-refractivity contribution < 1.29 is 19.2 Å². The molecular weight excluding hydrogens is 450 g/mol. The van der Waals surface area contributed by atoms with Gasteiger partial charge in [0.15, 0.2) is 0 Å². The van der Waals surface area contributed by atoms with Gasteiger partial charge in [-0.2, -0.15) is 0 Å². The minimum Gasteiger partial charge on any atom is -0.383 e. The summed E-state index contributed by atoms with van der Waals surface area (Å²) >= 11 is 0. The lowest BCUT2D eigenvalue weighted by atomic mass is 10.2. The predicted molar refractivity (Wildman–Crippen MR) is 127 cm³/mol. The summed E-state index contributed by atoms with van der Waals surface area (Å²) in [5.41, 5.74) is 3.78. The number of likely N-dealkylation sites (tertiary alicyclic amines) is 1. The molecule has 0 saturated carbocycles. The molecule has 1 fully saturated rings. The third-order valence-electron chi connectivity index (χ3n) is 5.14. The van der Waals surface area contributed by atoms with Crippen molar-refractivity contribution in [3.63, 3.8) is 0 Å². The molecule has 1 unspecified atom stereocenters. The van der Waals surface area contributed by atoms with Crippen molar-refractivity contribution in [1.29, 1.82) is 0 Å². The Balaban J connectivity index is 0.000000308. The SMILES string of the molecule is CN1CCC(O)C1=O.COCc1ccnc(Nc2nccc(-c3cccc(-c4ccon4)n3)n2)c1. The van der Waals surface area contributed by atoms with E-state index in [1.807, 2.05) is 30.3 Å². The summed E-state index contributed by atoms with van der Waals surface area (Å²) in [5.74, 6) is 0.930. The van der Waals surface area contributed by atoms with Crippen molar-refractivity contribution >= 4 is 17.7 Å². The van der Waals surface area contributed by atoms with Crippen molar-refractivity contribution in [3.05, 3.63) is 66.7 Å². The quantitative estimate of drug-likeness (QED) is 0.428. The lowest BCUT2D eigenvalue weighted by Crippen LogP contribution is -2.24. The van der Waals surface area contributed by atoms with Crippen LogP contribution in [0.5, 0.6) is 0 Å². The summed E-state index contributed by atoms with van der Waals surface area (Å²) in [4.78, 5) is 29.8. The highest BCUT2D eigenvalue weighted by Gasteiger charge is 2.26. The number of hydrogen-bond acceptors (Lipinski definition) is 10. The molecule has 11 nitrogen and oxygen atoms in total. The number of anilines is 2. The van der Waals surface area contributed by atoms with E-state index in [-0.39, 0.29) is 5.91 Å². The van der Waals surface area contributed by atoms with Crippen molar-refractivity contribution in [3.8, 4) is 22.8 Å². The van der Waals surface area contributed by atoms with Gasteiger partial charge in [0.2, 0.25) is 5.95 Å². The summed E-state index contributed by atoms with van der Waals surface area (Å²) in [6.07, 6.45) is 4.77. The van der Waals surface area contributed by atoms with Gasteiger partial charge in [-0.05, 0) is 42.3 Å². The van der Waals surface area contributed by atoms with Crippen molar-refractivity contribution in [2.45, 2.75) is 19.1 Å². The number of hydrogen-bond donors (Lipinski definition) is 2. The van der Waals surface area contributed by atoms with Gasteiger partial charge < -0.3 is 24.6 Å². The third kappa shape index (κ3) is 6.22. The number of ether oxygens (including phenoxy) is 1. The summed E-state index contributed by atoms with van der Waals surface area (Å²) in [5, 5.41) is 15.8. The summed E-state index contributed by atoms with van der Waals surface area (Å²) in [6, 6.07) is 13.0. The Kier molecular flexibility index (Phi) is 7.70. The zero-order chi connectivity index (χ0) is 24.6. The standard InChI is InChI=1S/C19H16N6O2.C5H9NO2/c1-26-12-13-5-8-20-18(11-13)24-19-21-9-6-16(23-19)14-3-2-4-15(22-14)17-7-10-27-25-17;1-6-3-2-4(7)5(6)8/h2-11H,12H2,1H3,(H,20,21,23,24);4,7H,2-3H2,1H3. The zero-order valence-electron chi connectivity index (χ0n) is 19.3. The molecule has 1 atom stereocenters. The molecule has 2 N–H and O–H groups in total. The topological polar surface area (TPSA) is 139 Å². The van der Waals surface area contributed by atoms with E-state index in [1.54, 1.807) is 38.7 Å². The molecule has 0 aromatic carbocycles. The van der Waals surface area contributed by atoms with Gasteiger partial charge in [0, 0.05) is 39.2 Å². The second kappa shape index (κ2) is 11.3. The van der Waals surface area contributed by atoms with E-state index in [0.29, 0.717) is 54.1 Å². The lowest BCUT2D eigenvalue weighted by molar-refractivity contribution is -0.133. The number of aromatic nitrogens is 5. The van der Waals surface area contributed by atoms with Crippen LogP contribution >= 0.6 is 0 Å². The normalized spacial score (nSPS) is 15.0. The maximum absolute atomic E-state index is 10.6. The van der Waals surface area contributed by atoms with E-state index in [4.69, 9.17) is 14.4 Å². The van der Waals surface area contributed by atoms with Crippen LogP contribution in [-0.2, 0) is 16.1 Å². The smallest absolute Gasteiger partial charge is 0.251 e. The number of likely N-dealkylation sites (N-methyl/N-ethyl adjacent to an activating group) is 1. The van der Waals surface area contributed by atoms with Crippen LogP contribution in [0.25, 0.3) is 22.8 Å². The number of rotatable bonds is 6. The van der Waals surface area contributed by atoms with E-state index in [1.165, 1.54) is 11.2 Å². The molecule has 0 spiro atoms. The molecule has 5 heterocycles. The fourth-order valence-corrected chi connectivity index (χ4v) is 3.34. The first kappa shape index (κ1) is 23.9. The van der Waals surface area contributed by atoms with Crippen LogP contribution in [0.3, 0.4) is 0 Å². The van der Waals surface area contributed by atoms with Gasteiger partial charge in [0.25, 0.3) is 5.91 Å². The molecule has 1 saturated heterocycles. The average molecular weight is 476 g/mol. The first-order chi connectivity index (χ1) is 17.0. The predicted octanol–water partition coefficient (Wildman–Crippen LogP) is 2.69. The monoisotopic (exact) mass is 475 g/mol. The second-order valence-electron chi connectivity index (χ2n) is 7.73. The number of pyridine rings is 2. The van der Waals surface area contributed by atoms with Crippen LogP contribution in [0.4, 0.5) is 11.8 Å². The highest BCUT2D eigenvalue weighted by Crippen LogP contribution is 2.21. The molecule has 0 aliphatic carbocycles. The van der Waals surface area contributed by atoms with Gasteiger partial charge in [-0.25, -0.2) is 19.9 Å². The van der Waals surface area contributed by atoms with E-state index in [2.05, 4.69) is 30.4 Å². The summed E-state index contributed by atoms with van der Waals surface area (Å²) in [6.45, 7) is 1.21. The van der Waals surface area contributed by atoms with Gasteiger partial charge in [0.1, 0.15) is 23.9 Å². The van der Waals surface area contributed by atoms with Crippen LogP contribution in [0.1, 0.15) is 12.0 Å². The number of methoxy groups -OCH3 is 1. The first-order valence-electron chi connectivity index (χ1n) is 10.9. The number of amides is 1. The molecule has 180 valence electrons. The minimum atomic E-state index is -0.722. The molecule has 0 radical (unpaired) electrons. The maximum atomic E-state index is 10.6. The molecule has 1 aliphatic heterocycles. The molecule has 4 aromatic heterocycles. The maximum Gasteiger partial charge on any atom is 0.251 e. The number of nitrogens with one attached hydrogen (secondary N) is 1. The Morgan fingerprint density at radius 2 is 1.86 bits per heavy atom. The molecule has 1 amide bonds. The van der Waals surface area contributed by atoms with E-state index in [0.717, 1.165) is 5.56 Å². The molecule has 35 heavy (non-hydrogen) atoms. The lowest BCUT2D eigenvalue weighted by Gasteiger charge is -2.07. The Bertz CT molecular complexity index is 1250. The second-order valence-corrected chi connectivity index (χ2v) is 7.73. The number of carbonyl (C=O) groups is 1. The zero-order valence-corrected chi connectivity index (χ0v) is 19.3. The van der Waals surface area contributed by atoms with Crippen LogP contribution in [0.2, 0.25) is 0 Å². The van der Waals surface area contributed by atoms with E-state index < -0.39 is 6.10 Å². The summed E-state index contributed by atoms with van der Waals surface area (Å²) in [7, 11) is 3.35. The van der Waals surface area contributed by atoms with E-state index >= 15 is 0 Å². The number of aliphatic hydroxyl groups excluding tert-OH is 1. The van der Waals surface area contributed by atoms with Crippen LogP contribution in [-0.4, -0.2) is 67.8 Å². The van der Waals surface area contributed by atoms with Crippen molar-refractivity contribution in [1.82, 2.24) is 30.0 Å². The van der Waals surface area contributed by atoms with E-state index in [9.17, 15) is 4.79 Å². The highest BCUT2D eigenvalue weighted by molar-refractivity contribution is 5.82. The number of nitrogens with zero attached hydrogens (tertiary/aromatic N) is 6. The minimum absolute atomic E-state index is 0.148. The number of aliphatic hydroxyl groups is 1. The average Bonchev–Trinajstić information content (AvgIpc) is 3.52. The fourth-order valence-electron chi connectivity index (χ4n) is 3.34. The van der Waals surface area contributed by atoms with Crippen LogP contribution in [0, 0.1) is 0 Å². The van der Waals surface area contributed by atoms with Gasteiger partial charge in [-0.1, -0.05) is 11.2 Å². The number of carbonyl (C=O) groups excluding carboxylic acids is 1.